The summed E-state index contributed by atoms with van der Waals surface area (Å²) < 4.78 is 6.35. The first-order valence-electron chi connectivity index (χ1n) is 6.76. The summed E-state index contributed by atoms with van der Waals surface area (Å²) in [4.78, 5) is 11.5. The van der Waals surface area contributed by atoms with E-state index < -0.39 is 0 Å². The third-order valence-electron chi connectivity index (χ3n) is 3.45. The Balaban J connectivity index is 2.13. The highest BCUT2D eigenvalue weighted by molar-refractivity contribution is 5.93. The van der Waals surface area contributed by atoms with E-state index >= 15 is 0 Å². The fourth-order valence-electron chi connectivity index (χ4n) is 2.35. The van der Waals surface area contributed by atoms with Gasteiger partial charge in [0.15, 0.2) is 0 Å². The molecule has 0 spiro atoms. The van der Waals surface area contributed by atoms with E-state index in [9.17, 15) is 4.79 Å². The molecular weight excluding hydrogens is 278 g/mol. The quantitative estimate of drug-likeness (QED) is 0.696. The van der Waals surface area contributed by atoms with E-state index in [1.54, 1.807) is 16.8 Å². The fourth-order valence-corrected chi connectivity index (χ4v) is 2.35. The molecule has 0 aliphatic carbocycles. The van der Waals surface area contributed by atoms with Gasteiger partial charge in [0.25, 0.3) is 0 Å². The average Bonchev–Trinajstić information content (AvgIpc) is 2.93. The highest BCUT2D eigenvalue weighted by atomic mass is 16.5. The molecule has 0 radical (unpaired) electrons. The highest BCUT2D eigenvalue weighted by Crippen LogP contribution is 2.28. The zero-order valence-corrected chi connectivity index (χ0v) is 12.0. The number of esters is 1. The summed E-state index contributed by atoms with van der Waals surface area (Å²) in [6.07, 6.45) is 0. The first kappa shape index (κ1) is 13.8. The molecule has 0 fully saturated rings. The summed E-state index contributed by atoms with van der Waals surface area (Å²) in [5.41, 5.74) is 3.15. The number of carbonyl (C=O) groups is 1. The van der Waals surface area contributed by atoms with E-state index in [0.29, 0.717) is 5.56 Å². The summed E-state index contributed by atoms with van der Waals surface area (Å²) in [5.74, 6) is -0.348. The first-order valence-corrected chi connectivity index (χ1v) is 6.76. The predicted molar refractivity (Wildman–Crippen MR) is 81.9 cm³/mol. The highest BCUT2D eigenvalue weighted by Gasteiger charge is 2.14. The van der Waals surface area contributed by atoms with Crippen molar-refractivity contribution in [2.24, 2.45) is 0 Å². The molecule has 5 nitrogen and oxygen atoms in total. The zero-order valence-electron chi connectivity index (χ0n) is 12.0. The molecule has 0 aliphatic rings. The predicted octanol–water partition coefficient (Wildman–Crippen LogP) is 2.75. The minimum Gasteiger partial charge on any atom is -0.468 e. The van der Waals surface area contributed by atoms with Crippen molar-refractivity contribution >= 4 is 16.9 Å². The van der Waals surface area contributed by atoms with Crippen molar-refractivity contribution in [3.63, 3.8) is 0 Å². The number of methoxy groups -OCH3 is 1. The minimum absolute atomic E-state index is 0.0628. The minimum atomic E-state index is -0.348. The lowest BCUT2D eigenvalue weighted by atomic mass is 10.1. The molecular formula is C17H13N3O2. The lowest BCUT2D eigenvalue weighted by molar-refractivity contribution is -0.141. The van der Waals surface area contributed by atoms with E-state index in [4.69, 9.17) is 10.00 Å². The van der Waals surface area contributed by atoms with Gasteiger partial charge >= 0.3 is 5.97 Å². The van der Waals surface area contributed by atoms with Gasteiger partial charge in [-0.1, -0.05) is 30.3 Å². The van der Waals surface area contributed by atoms with Crippen LogP contribution in [-0.4, -0.2) is 22.9 Å². The van der Waals surface area contributed by atoms with Crippen LogP contribution in [0.5, 0.6) is 0 Å². The van der Waals surface area contributed by atoms with Crippen LogP contribution in [0, 0.1) is 11.3 Å². The normalized spacial score (nSPS) is 10.4. The Kier molecular flexibility index (Phi) is 3.58. The molecule has 0 saturated heterocycles. The molecule has 0 aliphatic heterocycles. The number of nitriles is 1. The van der Waals surface area contributed by atoms with Gasteiger partial charge in [0, 0.05) is 10.9 Å². The summed E-state index contributed by atoms with van der Waals surface area (Å²) in [5, 5.41) is 14.4. The van der Waals surface area contributed by atoms with Crippen molar-refractivity contribution in [1.29, 1.82) is 5.26 Å². The Bertz CT molecular complexity index is 873. The number of benzene rings is 2. The molecule has 22 heavy (non-hydrogen) atoms. The molecule has 3 aromatic rings. The third-order valence-corrected chi connectivity index (χ3v) is 3.45. The van der Waals surface area contributed by atoms with Gasteiger partial charge in [-0.05, 0) is 18.2 Å². The second-order valence-electron chi connectivity index (χ2n) is 4.79. The fraction of sp³-hybridized carbons (Fsp3) is 0.118. The van der Waals surface area contributed by atoms with Gasteiger partial charge in [-0.3, -0.25) is 9.48 Å². The van der Waals surface area contributed by atoms with Crippen LogP contribution in [0.4, 0.5) is 0 Å². The maximum Gasteiger partial charge on any atom is 0.327 e. The zero-order chi connectivity index (χ0) is 15.5. The van der Waals surface area contributed by atoms with Gasteiger partial charge in [-0.15, -0.1) is 0 Å². The third kappa shape index (κ3) is 2.42. The Morgan fingerprint density at radius 2 is 1.95 bits per heavy atom. The largest absolute Gasteiger partial charge is 0.468 e. The Hall–Kier alpha value is -3.13. The molecule has 0 amide bonds. The number of fused-ring (bicyclic) bond motifs is 1. The number of hydrogen-bond acceptors (Lipinski definition) is 4. The van der Waals surface area contributed by atoms with Crippen LogP contribution in [-0.2, 0) is 16.1 Å². The summed E-state index contributed by atoms with van der Waals surface area (Å²) in [6.45, 7) is 0.0628. The van der Waals surface area contributed by atoms with Crippen molar-refractivity contribution < 1.29 is 9.53 Å². The molecule has 0 N–H and O–H groups in total. The number of nitrogens with zero attached hydrogens (tertiary/aromatic N) is 3. The molecule has 1 heterocycles. The Morgan fingerprint density at radius 1 is 1.23 bits per heavy atom. The van der Waals surface area contributed by atoms with E-state index in [-0.39, 0.29) is 12.5 Å². The molecule has 1 aromatic heterocycles. The van der Waals surface area contributed by atoms with E-state index in [2.05, 4.69) is 11.2 Å². The maximum absolute atomic E-state index is 11.5. The number of carbonyl (C=O) groups excluding carboxylic acids is 1. The van der Waals surface area contributed by atoms with Crippen molar-refractivity contribution in [2.45, 2.75) is 6.54 Å². The van der Waals surface area contributed by atoms with Gasteiger partial charge < -0.3 is 4.74 Å². The summed E-state index contributed by atoms with van der Waals surface area (Å²) in [7, 11) is 1.36. The lowest BCUT2D eigenvalue weighted by Crippen LogP contribution is -2.12. The molecule has 2 aromatic carbocycles. The number of rotatable bonds is 3. The molecule has 0 unspecified atom stereocenters. The second-order valence-corrected chi connectivity index (χ2v) is 4.79. The smallest absolute Gasteiger partial charge is 0.327 e. The number of hydrogen-bond donors (Lipinski definition) is 0. The average molecular weight is 291 g/mol. The molecule has 3 rings (SSSR count). The number of para-hydroxylation sites is 1. The molecule has 108 valence electrons. The van der Waals surface area contributed by atoms with Gasteiger partial charge in [0.1, 0.15) is 12.2 Å². The molecule has 5 heteroatoms. The van der Waals surface area contributed by atoms with Crippen LogP contribution in [0.3, 0.4) is 0 Å². The molecule has 0 atom stereocenters. The van der Waals surface area contributed by atoms with E-state index in [1.165, 1.54) is 7.11 Å². The van der Waals surface area contributed by atoms with Crippen LogP contribution in [0.25, 0.3) is 22.2 Å². The van der Waals surface area contributed by atoms with Crippen molar-refractivity contribution in [3.8, 4) is 17.3 Å². The number of aromatic nitrogens is 2. The summed E-state index contributed by atoms with van der Waals surface area (Å²) in [6, 6.07) is 17.0. The topological polar surface area (TPSA) is 67.9 Å². The van der Waals surface area contributed by atoms with Crippen LogP contribution in [0.2, 0.25) is 0 Å². The second kappa shape index (κ2) is 5.70. The van der Waals surface area contributed by atoms with Gasteiger partial charge in [-0.25, -0.2) is 0 Å². The van der Waals surface area contributed by atoms with Crippen LogP contribution in [0.1, 0.15) is 5.56 Å². The monoisotopic (exact) mass is 291 g/mol. The van der Waals surface area contributed by atoms with Crippen LogP contribution >= 0.6 is 0 Å². The van der Waals surface area contributed by atoms with Crippen molar-refractivity contribution in [1.82, 2.24) is 9.78 Å². The van der Waals surface area contributed by atoms with E-state index in [0.717, 1.165) is 22.2 Å². The van der Waals surface area contributed by atoms with Gasteiger partial charge in [0.05, 0.1) is 24.3 Å². The first-order chi connectivity index (χ1) is 10.7. The lowest BCUT2D eigenvalue weighted by Gasteiger charge is -2.01. The van der Waals surface area contributed by atoms with Crippen molar-refractivity contribution in [3.05, 3.63) is 54.1 Å². The van der Waals surface area contributed by atoms with E-state index in [1.807, 2.05) is 36.4 Å². The van der Waals surface area contributed by atoms with Crippen molar-refractivity contribution in [2.75, 3.05) is 7.11 Å². The van der Waals surface area contributed by atoms with Crippen LogP contribution < -0.4 is 0 Å². The molecule has 0 saturated carbocycles. The van der Waals surface area contributed by atoms with Crippen LogP contribution in [0.15, 0.2) is 48.5 Å². The molecule has 0 bridgehead atoms. The SMILES string of the molecule is COC(=O)Cn1nc(-c2ccc(C#N)cc2)c2ccccc21. The number of ether oxygens (including phenoxy) is 1. The summed E-state index contributed by atoms with van der Waals surface area (Å²) >= 11 is 0. The standard InChI is InChI=1S/C17H13N3O2/c1-22-16(21)11-20-15-5-3-2-4-14(15)17(19-20)13-8-6-12(10-18)7-9-13/h2-9H,11H2,1H3. The maximum atomic E-state index is 11.5. The Morgan fingerprint density at radius 3 is 2.64 bits per heavy atom. The van der Waals surface area contributed by atoms with Gasteiger partial charge in [0.2, 0.25) is 0 Å². The van der Waals surface area contributed by atoms with Gasteiger partial charge in [-0.2, -0.15) is 10.4 Å². The Labute approximate surface area is 127 Å².